The number of halogens is 3. The van der Waals surface area contributed by atoms with E-state index in [4.69, 9.17) is 39.9 Å². The zero-order valence-electron chi connectivity index (χ0n) is 10.2. The van der Waals surface area contributed by atoms with Gasteiger partial charge < -0.3 is 5.11 Å². The number of sulfonamides is 1. The van der Waals surface area contributed by atoms with Crippen LogP contribution in [0.3, 0.4) is 0 Å². The number of hydrogen-bond donors (Lipinski definition) is 2. The first-order valence-electron chi connectivity index (χ1n) is 5.55. The minimum absolute atomic E-state index is 0.00846. The topological polar surface area (TPSA) is 66.4 Å². The largest absolute Gasteiger partial charge is 0.396 e. The van der Waals surface area contributed by atoms with E-state index in [1.807, 2.05) is 0 Å². The van der Waals surface area contributed by atoms with E-state index in [-0.39, 0.29) is 32.6 Å². The van der Waals surface area contributed by atoms with Gasteiger partial charge in [0.05, 0.1) is 10.0 Å². The summed E-state index contributed by atoms with van der Waals surface area (Å²) < 4.78 is 26.8. The van der Waals surface area contributed by atoms with E-state index in [2.05, 4.69) is 4.72 Å². The number of hydrogen-bond acceptors (Lipinski definition) is 3. The van der Waals surface area contributed by atoms with Crippen molar-refractivity contribution in [2.45, 2.75) is 30.7 Å². The summed E-state index contributed by atoms with van der Waals surface area (Å²) in [5, 5.41) is 8.92. The van der Waals surface area contributed by atoms with Gasteiger partial charge in [0.15, 0.2) is 0 Å². The van der Waals surface area contributed by atoms with Gasteiger partial charge in [0.25, 0.3) is 0 Å². The van der Waals surface area contributed by atoms with Crippen LogP contribution in [-0.2, 0) is 10.0 Å². The molecule has 1 atom stereocenters. The van der Waals surface area contributed by atoms with E-state index in [1.165, 1.54) is 12.1 Å². The van der Waals surface area contributed by atoms with Crippen LogP contribution in [0, 0.1) is 0 Å². The summed E-state index contributed by atoms with van der Waals surface area (Å²) >= 11 is 17.5. The maximum atomic E-state index is 12.2. The van der Waals surface area contributed by atoms with Gasteiger partial charge in [-0.1, -0.05) is 34.8 Å². The summed E-state index contributed by atoms with van der Waals surface area (Å²) in [7, 11) is -3.82. The minimum Gasteiger partial charge on any atom is -0.396 e. The maximum Gasteiger partial charge on any atom is 0.243 e. The highest BCUT2D eigenvalue weighted by Crippen LogP contribution is 2.32. The molecule has 1 aromatic rings. The molecule has 0 saturated carbocycles. The van der Waals surface area contributed by atoms with Gasteiger partial charge in [0.1, 0.15) is 4.90 Å². The predicted molar refractivity (Wildman–Crippen MR) is 77.6 cm³/mol. The average Bonchev–Trinajstić information content (AvgIpc) is 2.23. The molecule has 0 aromatic heterocycles. The van der Waals surface area contributed by atoms with Gasteiger partial charge >= 0.3 is 0 Å². The van der Waals surface area contributed by atoms with E-state index in [9.17, 15) is 8.42 Å². The summed E-state index contributed by atoms with van der Waals surface area (Å²) in [5.41, 5.74) is 0. The smallest absolute Gasteiger partial charge is 0.243 e. The molecule has 1 aromatic carbocycles. The summed E-state index contributed by atoms with van der Waals surface area (Å²) in [6, 6.07) is 2.31. The zero-order valence-corrected chi connectivity index (χ0v) is 13.2. The quantitative estimate of drug-likeness (QED) is 0.832. The number of rotatable bonds is 6. The first kappa shape index (κ1) is 17.0. The fourth-order valence-electron chi connectivity index (χ4n) is 1.57. The lowest BCUT2D eigenvalue weighted by Gasteiger charge is -2.15. The van der Waals surface area contributed by atoms with Crippen molar-refractivity contribution in [3.05, 3.63) is 27.2 Å². The number of benzene rings is 1. The standard InChI is InChI=1S/C11H14Cl3NO3S/c1-7(3-2-4-16)15-19(17,18)11-9(13)5-8(12)6-10(11)14/h5-7,15-16H,2-4H2,1H3. The Labute approximate surface area is 127 Å². The fourth-order valence-corrected chi connectivity index (χ4v) is 4.39. The van der Waals surface area contributed by atoms with E-state index in [1.54, 1.807) is 6.92 Å². The van der Waals surface area contributed by atoms with Gasteiger partial charge in [-0.15, -0.1) is 0 Å². The molecule has 4 nitrogen and oxygen atoms in total. The second-order valence-corrected chi connectivity index (χ2v) is 6.99. The SMILES string of the molecule is CC(CCCO)NS(=O)(=O)c1c(Cl)cc(Cl)cc1Cl. The molecule has 1 rings (SSSR count). The van der Waals surface area contributed by atoms with Crippen LogP contribution in [0.2, 0.25) is 15.1 Å². The summed E-state index contributed by atoms with van der Waals surface area (Å²) in [6.07, 6.45) is 1.02. The normalized spacial score (nSPS) is 13.5. The molecule has 0 spiro atoms. The van der Waals surface area contributed by atoms with Crippen molar-refractivity contribution in [1.82, 2.24) is 4.72 Å². The van der Waals surface area contributed by atoms with E-state index >= 15 is 0 Å². The second-order valence-electron chi connectivity index (χ2n) is 4.09. The molecule has 0 aliphatic rings. The van der Waals surface area contributed by atoms with E-state index in [0.29, 0.717) is 12.8 Å². The second kappa shape index (κ2) is 7.11. The van der Waals surface area contributed by atoms with Crippen LogP contribution in [0.25, 0.3) is 0 Å². The lowest BCUT2D eigenvalue weighted by Crippen LogP contribution is -2.33. The van der Waals surface area contributed by atoms with Gasteiger partial charge in [-0.05, 0) is 31.9 Å². The Morgan fingerprint density at radius 2 is 1.79 bits per heavy atom. The summed E-state index contributed by atoms with van der Waals surface area (Å²) in [6.45, 7) is 1.71. The van der Waals surface area contributed by atoms with Crippen molar-refractivity contribution in [2.24, 2.45) is 0 Å². The monoisotopic (exact) mass is 345 g/mol. The Morgan fingerprint density at radius 1 is 1.26 bits per heavy atom. The molecule has 1 unspecified atom stereocenters. The Morgan fingerprint density at radius 3 is 2.26 bits per heavy atom. The molecule has 0 amide bonds. The lowest BCUT2D eigenvalue weighted by atomic mass is 10.2. The van der Waals surface area contributed by atoms with Crippen LogP contribution in [-0.4, -0.2) is 26.2 Å². The molecule has 0 bridgehead atoms. The molecule has 108 valence electrons. The predicted octanol–water partition coefficient (Wildman–Crippen LogP) is 3.09. The summed E-state index contributed by atoms with van der Waals surface area (Å²) in [5.74, 6) is 0. The first-order valence-corrected chi connectivity index (χ1v) is 8.17. The van der Waals surface area contributed by atoms with Gasteiger partial charge in [0, 0.05) is 17.7 Å². The molecule has 0 heterocycles. The van der Waals surface area contributed by atoms with Crippen molar-refractivity contribution < 1.29 is 13.5 Å². The van der Waals surface area contributed by atoms with Crippen LogP contribution in [0.5, 0.6) is 0 Å². The number of aliphatic hydroxyl groups is 1. The van der Waals surface area contributed by atoms with Crippen LogP contribution >= 0.6 is 34.8 Å². The maximum absolute atomic E-state index is 12.2. The van der Waals surface area contributed by atoms with Gasteiger partial charge in [0.2, 0.25) is 10.0 Å². The number of nitrogens with one attached hydrogen (secondary N) is 1. The highest BCUT2D eigenvalue weighted by Gasteiger charge is 2.24. The zero-order chi connectivity index (χ0) is 14.6. The molecule has 19 heavy (non-hydrogen) atoms. The average molecular weight is 347 g/mol. The minimum atomic E-state index is -3.82. The van der Waals surface area contributed by atoms with E-state index < -0.39 is 10.0 Å². The molecule has 8 heteroatoms. The van der Waals surface area contributed by atoms with Gasteiger partial charge in [-0.25, -0.2) is 13.1 Å². The molecule has 0 fully saturated rings. The van der Waals surface area contributed by atoms with Crippen LogP contribution < -0.4 is 4.72 Å². The molecule has 0 aliphatic carbocycles. The van der Waals surface area contributed by atoms with Crippen molar-refractivity contribution >= 4 is 44.8 Å². The van der Waals surface area contributed by atoms with Gasteiger partial charge in [-0.2, -0.15) is 0 Å². The van der Waals surface area contributed by atoms with Crippen LogP contribution in [0.4, 0.5) is 0 Å². The lowest BCUT2D eigenvalue weighted by molar-refractivity contribution is 0.279. The molecule has 2 N–H and O–H groups in total. The summed E-state index contributed by atoms with van der Waals surface area (Å²) in [4.78, 5) is -0.184. The van der Waals surface area contributed by atoms with Crippen molar-refractivity contribution in [3.63, 3.8) is 0 Å². The Bertz CT molecular complexity index is 525. The van der Waals surface area contributed by atoms with Crippen LogP contribution in [0.1, 0.15) is 19.8 Å². The highest BCUT2D eigenvalue weighted by atomic mass is 35.5. The Hall–Kier alpha value is -0.0400. The van der Waals surface area contributed by atoms with Crippen molar-refractivity contribution in [1.29, 1.82) is 0 Å². The van der Waals surface area contributed by atoms with Crippen LogP contribution in [0.15, 0.2) is 17.0 Å². The molecule has 0 aliphatic heterocycles. The highest BCUT2D eigenvalue weighted by molar-refractivity contribution is 7.89. The van der Waals surface area contributed by atoms with Crippen molar-refractivity contribution in [3.8, 4) is 0 Å². The Balaban J connectivity index is 3.01. The molecule has 0 saturated heterocycles. The molecular weight excluding hydrogens is 333 g/mol. The molecular formula is C11H14Cl3NO3S. The third-order valence-electron chi connectivity index (χ3n) is 2.38. The van der Waals surface area contributed by atoms with Gasteiger partial charge in [-0.3, -0.25) is 0 Å². The first-order chi connectivity index (χ1) is 8.77. The molecule has 0 radical (unpaired) electrons. The third-order valence-corrected chi connectivity index (χ3v) is 5.11. The van der Waals surface area contributed by atoms with Crippen molar-refractivity contribution in [2.75, 3.05) is 6.61 Å². The Kier molecular flexibility index (Phi) is 6.36. The van der Waals surface area contributed by atoms with E-state index in [0.717, 1.165) is 0 Å². The fraction of sp³-hybridized carbons (Fsp3) is 0.455. The third kappa shape index (κ3) is 4.77. The number of aliphatic hydroxyl groups excluding tert-OH is 1.